The zero-order valence-electron chi connectivity index (χ0n) is 12.4. The maximum absolute atomic E-state index is 12.5. The highest BCUT2D eigenvalue weighted by atomic mass is 35.5. The number of carbonyl (C=O) groups is 1. The number of amides is 1. The standard InChI is InChI=1S/C15H19ClF2N2O2/c1-11-6-8-20(9-7-11)10-14(21)19-12-2-4-13(5-3-12)22-15(16,17)18/h2-5,11H,6-10H2,1H3,(H,19,21)/p+1. The highest BCUT2D eigenvalue weighted by Gasteiger charge is 2.27. The fraction of sp³-hybridized carbons (Fsp3) is 0.533. The monoisotopic (exact) mass is 333 g/mol. The number of carbonyl (C=O) groups excluding carboxylic acids is 1. The number of piperidine rings is 1. The van der Waals surface area contributed by atoms with Gasteiger partial charge in [0.15, 0.2) is 6.54 Å². The van der Waals surface area contributed by atoms with Gasteiger partial charge in [0.25, 0.3) is 5.91 Å². The fourth-order valence-corrected chi connectivity index (χ4v) is 2.61. The third kappa shape index (κ3) is 5.77. The molecule has 0 bridgehead atoms. The Hall–Kier alpha value is -1.40. The molecule has 1 aliphatic heterocycles. The normalized spacial score (nSPS) is 22.2. The minimum Gasteiger partial charge on any atom is -0.420 e. The molecule has 22 heavy (non-hydrogen) atoms. The molecular weight excluding hydrogens is 314 g/mol. The second kappa shape index (κ2) is 7.24. The number of halogens is 3. The Morgan fingerprint density at radius 1 is 1.36 bits per heavy atom. The molecule has 1 amide bonds. The summed E-state index contributed by atoms with van der Waals surface area (Å²) in [6, 6.07) is 5.68. The fourth-order valence-electron chi connectivity index (χ4n) is 2.52. The maximum atomic E-state index is 12.5. The van der Waals surface area contributed by atoms with Crippen molar-refractivity contribution < 1.29 is 23.2 Å². The summed E-state index contributed by atoms with van der Waals surface area (Å²) < 4.78 is 29.2. The van der Waals surface area contributed by atoms with E-state index in [0.29, 0.717) is 12.2 Å². The van der Waals surface area contributed by atoms with Gasteiger partial charge < -0.3 is 15.0 Å². The summed E-state index contributed by atoms with van der Waals surface area (Å²) in [5.74, 6) is 0.592. The lowest BCUT2D eigenvalue weighted by Crippen LogP contribution is -3.14. The predicted molar refractivity (Wildman–Crippen MR) is 80.5 cm³/mol. The first-order chi connectivity index (χ1) is 10.3. The van der Waals surface area contributed by atoms with Gasteiger partial charge in [0.2, 0.25) is 0 Å². The highest BCUT2D eigenvalue weighted by molar-refractivity contribution is 6.20. The lowest BCUT2D eigenvalue weighted by molar-refractivity contribution is -0.897. The third-order valence-electron chi connectivity index (χ3n) is 3.76. The molecule has 1 aromatic carbocycles. The third-order valence-corrected chi connectivity index (χ3v) is 3.84. The number of hydrogen-bond donors (Lipinski definition) is 2. The summed E-state index contributed by atoms with van der Waals surface area (Å²) in [7, 11) is 0. The first-order valence-electron chi connectivity index (χ1n) is 7.31. The molecule has 1 heterocycles. The van der Waals surface area contributed by atoms with Gasteiger partial charge in [-0.3, -0.25) is 4.79 Å². The van der Waals surface area contributed by atoms with Gasteiger partial charge in [-0.25, -0.2) is 0 Å². The van der Waals surface area contributed by atoms with Crippen LogP contribution in [0.5, 0.6) is 5.75 Å². The van der Waals surface area contributed by atoms with E-state index in [1.165, 1.54) is 29.2 Å². The van der Waals surface area contributed by atoms with Gasteiger partial charge in [0, 0.05) is 17.3 Å². The molecule has 0 aromatic heterocycles. The van der Waals surface area contributed by atoms with Crippen molar-refractivity contribution in [1.82, 2.24) is 0 Å². The van der Waals surface area contributed by atoms with Crippen LogP contribution in [0.3, 0.4) is 0 Å². The molecule has 0 spiro atoms. The number of rotatable bonds is 5. The van der Waals surface area contributed by atoms with Gasteiger partial charge in [-0.15, -0.1) is 8.78 Å². The van der Waals surface area contributed by atoms with E-state index in [2.05, 4.69) is 28.6 Å². The number of nitrogens with one attached hydrogen (secondary N) is 2. The summed E-state index contributed by atoms with van der Waals surface area (Å²) in [6.07, 6.45) is 2.28. The number of quaternary nitrogens is 1. The van der Waals surface area contributed by atoms with E-state index < -0.39 is 5.57 Å². The first-order valence-corrected chi connectivity index (χ1v) is 7.69. The van der Waals surface area contributed by atoms with Crippen molar-refractivity contribution in [2.45, 2.75) is 25.3 Å². The molecule has 0 unspecified atom stereocenters. The van der Waals surface area contributed by atoms with Crippen molar-refractivity contribution >= 4 is 23.2 Å². The van der Waals surface area contributed by atoms with E-state index in [1.54, 1.807) is 0 Å². The second-order valence-corrected chi connectivity index (χ2v) is 6.17. The van der Waals surface area contributed by atoms with E-state index in [1.807, 2.05) is 0 Å². The van der Waals surface area contributed by atoms with Crippen LogP contribution in [0.4, 0.5) is 14.5 Å². The average Bonchev–Trinajstić information content (AvgIpc) is 2.42. The van der Waals surface area contributed by atoms with Gasteiger partial charge >= 0.3 is 5.57 Å². The second-order valence-electron chi connectivity index (χ2n) is 5.73. The molecule has 2 rings (SSSR count). The smallest absolute Gasteiger partial charge is 0.420 e. The van der Waals surface area contributed by atoms with E-state index >= 15 is 0 Å². The Bertz CT molecular complexity index is 497. The molecule has 122 valence electrons. The van der Waals surface area contributed by atoms with Crippen molar-refractivity contribution in [2.24, 2.45) is 5.92 Å². The Morgan fingerprint density at radius 2 is 1.95 bits per heavy atom. The van der Waals surface area contributed by atoms with Crippen molar-refractivity contribution in [2.75, 3.05) is 25.0 Å². The van der Waals surface area contributed by atoms with Crippen molar-refractivity contribution in [3.8, 4) is 5.75 Å². The predicted octanol–water partition coefficient (Wildman–Crippen LogP) is 2.11. The van der Waals surface area contributed by atoms with Crippen LogP contribution < -0.4 is 15.0 Å². The van der Waals surface area contributed by atoms with Crippen LogP contribution in [-0.4, -0.2) is 31.1 Å². The van der Waals surface area contributed by atoms with Gasteiger partial charge in [-0.1, -0.05) is 6.92 Å². The molecule has 1 aliphatic rings. The van der Waals surface area contributed by atoms with Crippen molar-refractivity contribution in [3.05, 3.63) is 24.3 Å². The van der Waals surface area contributed by atoms with Crippen molar-refractivity contribution in [1.29, 1.82) is 0 Å². The van der Waals surface area contributed by atoms with Gasteiger partial charge in [-0.05, 0) is 43.0 Å². The zero-order chi connectivity index (χ0) is 16.2. The van der Waals surface area contributed by atoms with E-state index in [0.717, 1.165) is 31.8 Å². The molecule has 0 radical (unpaired) electrons. The topological polar surface area (TPSA) is 42.8 Å². The van der Waals surface area contributed by atoms with Crippen LogP contribution in [0.2, 0.25) is 0 Å². The number of ether oxygens (including phenoxy) is 1. The Labute approximate surface area is 133 Å². The van der Waals surface area contributed by atoms with Gasteiger partial charge in [-0.2, -0.15) is 0 Å². The minimum absolute atomic E-state index is 0.0614. The summed E-state index contributed by atoms with van der Waals surface area (Å²) in [5.41, 5.74) is -3.19. The van der Waals surface area contributed by atoms with Crippen LogP contribution in [-0.2, 0) is 4.79 Å². The molecular formula is C15H20ClF2N2O2+. The van der Waals surface area contributed by atoms with Crippen LogP contribution in [0.15, 0.2) is 24.3 Å². The van der Waals surface area contributed by atoms with E-state index in [-0.39, 0.29) is 11.7 Å². The molecule has 0 atom stereocenters. The van der Waals surface area contributed by atoms with Gasteiger partial charge in [0.1, 0.15) is 5.75 Å². The zero-order valence-corrected chi connectivity index (χ0v) is 13.1. The molecule has 1 fully saturated rings. The largest absolute Gasteiger partial charge is 0.487 e. The molecule has 2 N–H and O–H groups in total. The Kier molecular flexibility index (Phi) is 5.58. The molecule has 0 aliphatic carbocycles. The van der Waals surface area contributed by atoms with Crippen LogP contribution >= 0.6 is 11.6 Å². The number of anilines is 1. The van der Waals surface area contributed by atoms with E-state index in [9.17, 15) is 13.6 Å². The van der Waals surface area contributed by atoms with Crippen LogP contribution in [0, 0.1) is 5.92 Å². The lowest BCUT2D eigenvalue weighted by Gasteiger charge is -2.26. The quantitative estimate of drug-likeness (QED) is 0.811. The summed E-state index contributed by atoms with van der Waals surface area (Å²) in [6.45, 7) is 4.66. The summed E-state index contributed by atoms with van der Waals surface area (Å²) in [5, 5.41) is 2.75. The molecule has 4 nitrogen and oxygen atoms in total. The van der Waals surface area contributed by atoms with Crippen LogP contribution in [0.25, 0.3) is 0 Å². The minimum atomic E-state index is -3.74. The number of hydrogen-bond acceptors (Lipinski definition) is 2. The molecule has 0 saturated carbocycles. The van der Waals surface area contributed by atoms with Gasteiger partial charge in [0.05, 0.1) is 13.1 Å². The Morgan fingerprint density at radius 3 is 2.50 bits per heavy atom. The molecule has 1 saturated heterocycles. The molecule has 7 heteroatoms. The first kappa shape index (κ1) is 17.0. The maximum Gasteiger partial charge on any atom is 0.487 e. The van der Waals surface area contributed by atoms with Crippen molar-refractivity contribution in [3.63, 3.8) is 0 Å². The molecule has 1 aromatic rings. The number of alkyl halides is 3. The highest BCUT2D eigenvalue weighted by Crippen LogP contribution is 2.25. The SMILES string of the molecule is CC1CC[NH+](CC(=O)Nc2ccc(OC(F)(F)Cl)cc2)CC1. The number of benzene rings is 1. The number of likely N-dealkylation sites (tertiary alicyclic amines) is 1. The summed E-state index contributed by atoms with van der Waals surface area (Å²) >= 11 is 4.68. The lowest BCUT2D eigenvalue weighted by atomic mass is 9.99. The average molecular weight is 334 g/mol. The summed E-state index contributed by atoms with van der Waals surface area (Å²) in [4.78, 5) is 13.2. The van der Waals surface area contributed by atoms with E-state index in [4.69, 9.17) is 0 Å². The van der Waals surface area contributed by atoms with Crippen LogP contribution in [0.1, 0.15) is 19.8 Å². The Balaban J connectivity index is 1.81.